The lowest BCUT2D eigenvalue weighted by atomic mass is 10.2. The molecule has 0 atom stereocenters. The molecule has 0 radical (unpaired) electrons. The fraction of sp³-hybridized carbons (Fsp3) is 0.133. The minimum Gasteiger partial charge on any atom is -0.484 e. The van der Waals surface area contributed by atoms with Crippen LogP contribution < -0.4 is 14.8 Å². The van der Waals surface area contributed by atoms with Gasteiger partial charge in [0.1, 0.15) is 11.6 Å². The average molecular weight is 338 g/mol. The Labute approximate surface area is 133 Å². The van der Waals surface area contributed by atoms with Gasteiger partial charge in [0.15, 0.2) is 6.61 Å². The number of halogens is 1. The predicted octanol–water partition coefficient (Wildman–Crippen LogP) is 2.21. The van der Waals surface area contributed by atoms with E-state index in [0.29, 0.717) is 5.75 Å². The Hall–Kier alpha value is -2.61. The summed E-state index contributed by atoms with van der Waals surface area (Å²) in [5, 5.41) is 2.50. The Morgan fingerprint density at radius 2 is 1.87 bits per heavy atom. The predicted molar refractivity (Wildman–Crippen MR) is 85.4 cm³/mol. The van der Waals surface area contributed by atoms with Crippen molar-refractivity contribution in [1.29, 1.82) is 0 Å². The smallest absolute Gasteiger partial charge is 0.262 e. The van der Waals surface area contributed by atoms with Crippen LogP contribution in [0.25, 0.3) is 0 Å². The number of para-hydroxylation sites is 1. The first-order chi connectivity index (χ1) is 10.8. The molecule has 23 heavy (non-hydrogen) atoms. The molecule has 8 heteroatoms. The zero-order chi connectivity index (χ0) is 16.9. The van der Waals surface area contributed by atoms with Crippen LogP contribution in [0.3, 0.4) is 0 Å². The lowest BCUT2D eigenvalue weighted by Gasteiger charge is -2.10. The van der Waals surface area contributed by atoms with Gasteiger partial charge in [-0.3, -0.25) is 9.52 Å². The summed E-state index contributed by atoms with van der Waals surface area (Å²) in [6, 6.07) is 12.4. The van der Waals surface area contributed by atoms with Crippen molar-refractivity contribution in [3.8, 4) is 5.75 Å². The van der Waals surface area contributed by atoms with E-state index in [4.69, 9.17) is 4.74 Å². The molecule has 0 bridgehead atoms. The minimum absolute atomic E-state index is 0.226. The second-order valence-electron chi connectivity index (χ2n) is 4.72. The molecule has 0 fully saturated rings. The molecule has 0 unspecified atom stereocenters. The number of anilines is 2. The van der Waals surface area contributed by atoms with Gasteiger partial charge in [-0.1, -0.05) is 18.2 Å². The van der Waals surface area contributed by atoms with Crippen LogP contribution in [0.2, 0.25) is 0 Å². The maximum Gasteiger partial charge on any atom is 0.262 e. The Bertz CT molecular complexity index is 794. The Morgan fingerprint density at radius 1 is 1.17 bits per heavy atom. The summed E-state index contributed by atoms with van der Waals surface area (Å²) < 4.78 is 43.2. The van der Waals surface area contributed by atoms with E-state index in [0.717, 1.165) is 12.3 Å². The van der Waals surface area contributed by atoms with Crippen molar-refractivity contribution in [2.75, 3.05) is 22.9 Å². The van der Waals surface area contributed by atoms with Crippen LogP contribution in [0.15, 0.2) is 48.5 Å². The summed E-state index contributed by atoms with van der Waals surface area (Å²) in [6.07, 6.45) is 0.908. The number of amides is 1. The van der Waals surface area contributed by atoms with E-state index in [1.54, 1.807) is 24.3 Å². The Kier molecular flexibility index (Phi) is 5.17. The second-order valence-corrected chi connectivity index (χ2v) is 6.47. The average Bonchev–Trinajstić information content (AvgIpc) is 2.48. The molecule has 0 heterocycles. The van der Waals surface area contributed by atoms with Gasteiger partial charge < -0.3 is 10.1 Å². The highest BCUT2D eigenvalue weighted by Gasteiger charge is 2.10. The van der Waals surface area contributed by atoms with E-state index in [1.165, 1.54) is 12.1 Å². The van der Waals surface area contributed by atoms with Crippen molar-refractivity contribution in [2.24, 2.45) is 0 Å². The third-order valence-electron chi connectivity index (χ3n) is 2.66. The monoisotopic (exact) mass is 338 g/mol. The maximum atomic E-state index is 13.5. The molecule has 2 aromatic rings. The van der Waals surface area contributed by atoms with Gasteiger partial charge in [0.05, 0.1) is 11.9 Å². The lowest BCUT2D eigenvalue weighted by molar-refractivity contribution is -0.118. The number of benzene rings is 2. The van der Waals surface area contributed by atoms with E-state index in [1.807, 2.05) is 10.8 Å². The van der Waals surface area contributed by atoms with Crippen LogP contribution in [0, 0.1) is 5.82 Å². The molecule has 1 amide bonds. The van der Waals surface area contributed by atoms with Gasteiger partial charge in [-0.25, -0.2) is 12.8 Å². The third-order valence-corrected chi connectivity index (χ3v) is 3.25. The van der Waals surface area contributed by atoms with Gasteiger partial charge in [0.25, 0.3) is 5.91 Å². The Morgan fingerprint density at radius 3 is 2.52 bits per heavy atom. The molecule has 0 spiro atoms. The highest BCUT2D eigenvalue weighted by molar-refractivity contribution is 7.92. The number of carbonyl (C=O) groups excluding carboxylic acids is 1. The number of sulfonamides is 1. The fourth-order valence-electron chi connectivity index (χ4n) is 1.74. The van der Waals surface area contributed by atoms with E-state index in [9.17, 15) is 17.6 Å². The first-order valence-electron chi connectivity index (χ1n) is 6.58. The highest BCUT2D eigenvalue weighted by atomic mass is 32.2. The van der Waals surface area contributed by atoms with Crippen molar-refractivity contribution in [3.63, 3.8) is 0 Å². The van der Waals surface area contributed by atoms with E-state index < -0.39 is 21.7 Å². The SMILES string of the molecule is CS(=O)(=O)Nc1cc(NC(=O)COc2ccccc2)ccc1F. The summed E-state index contributed by atoms with van der Waals surface area (Å²) >= 11 is 0. The first-order valence-corrected chi connectivity index (χ1v) is 8.48. The molecule has 6 nitrogen and oxygen atoms in total. The molecule has 122 valence electrons. The number of hydrogen-bond acceptors (Lipinski definition) is 4. The van der Waals surface area contributed by atoms with Crippen LogP contribution >= 0.6 is 0 Å². The van der Waals surface area contributed by atoms with Crippen molar-refractivity contribution >= 4 is 27.3 Å². The Balaban J connectivity index is 1.99. The number of carbonyl (C=O) groups is 1. The summed E-state index contributed by atoms with van der Waals surface area (Å²) in [5.41, 5.74) is 0.00786. The quantitative estimate of drug-likeness (QED) is 0.846. The molecule has 2 N–H and O–H groups in total. The van der Waals surface area contributed by atoms with Gasteiger partial charge in [0, 0.05) is 5.69 Å². The zero-order valence-corrected chi connectivity index (χ0v) is 13.1. The minimum atomic E-state index is -3.62. The molecular formula is C15H15FN2O4S. The first kappa shape index (κ1) is 16.8. The normalized spacial score (nSPS) is 10.9. The summed E-state index contributed by atoms with van der Waals surface area (Å²) in [6.45, 7) is -0.226. The lowest BCUT2D eigenvalue weighted by Crippen LogP contribution is -2.20. The topological polar surface area (TPSA) is 84.5 Å². The molecule has 0 saturated carbocycles. The molecular weight excluding hydrogens is 323 g/mol. The zero-order valence-electron chi connectivity index (χ0n) is 12.2. The van der Waals surface area contributed by atoms with Crippen LogP contribution in [0.1, 0.15) is 0 Å². The molecule has 0 aliphatic rings. The summed E-state index contributed by atoms with van der Waals surface area (Å²) in [7, 11) is -3.62. The molecule has 2 rings (SSSR count). The number of rotatable bonds is 6. The van der Waals surface area contributed by atoms with E-state index in [2.05, 4.69) is 5.32 Å². The van der Waals surface area contributed by atoms with E-state index >= 15 is 0 Å². The fourth-order valence-corrected chi connectivity index (χ4v) is 2.30. The number of ether oxygens (including phenoxy) is 1. The highest BCUT2D eigenvalue weighted by Crippen LogP contribution is 2.20. The third kappa shape index (κ3) is 5.59. The molecule has 2 aromatic carbocycles. The van der Waals surface area contributed by atoms with Gasteiger partial charge in [-0.05, 0) is 30.3 Å². The van der Waals surface area contributed by atoms with Gasteiger partial charge >= 0.3 is 0 Å². The number of nitrogens with one attached hydrogen (secondary N) is 2. The van der Waals surface area contributed by atoms with Crippen LogP contribution in [-0.2, 0) is 14.8 Å². The second kappa shape index (κ2) is 7.10. The van der Waals surface area contributed by atoms with Crippen LogP contribution in [-0.4, -0.2) is 27.2 Å². The number of hydrogen-bond donors (Lipinski definition) is 2. The van der Waals surface area contributed by atoms with Crippen molar-refractivity contribution in [3.05, 3.63) is 54.3 Å². The van der Waals surface area contributed by atoms with Crippen LogP contribution in [0.5, 0.6) is 5.75 Å². The molecule has 0 aromatic heterocycles. The van der Waals surface area contributed by atoms with Crippen molar-refractivity contribution in [2.45, 2.75) is 0 Å². The van der Waals surface area contributed by atoms with Gasteiger partial charge in [0.2, 0.25) is 10.0 Å². The summed E-state index contributed by atoms with van der Waals surface area (Å²) in [5.74, 6) is -0.652. The molecule has 0 aliphatic heterocycles. The molecule has 0 aliphatic carbocycles. The summed E-state index contributed by atoms with van der Waals surface area (Å²) in [4.78, 5) is 11.8. The van der Waals surface area contributed by atoms with E-state index in [-0.39, 0.29) is 18.0 Å². The molecule has 0 saturated heterocycles. The van der Waals surface area contributed by atoms with Gasteiger partial charge in [-0.15, -0.1) is 0 Å². The van der Waals surface area contributed by atoms with Crippen molar-refractivity contribution in [1.82, 2.24) is 0 Å². The maximum absolute atomic E-state index is 13.5. The standard InChI is InChI=1S/C15H15FN2O4S/c1-23(20,21)18-14-9-11(7-8-13(14)16)17-15(19)10-22-12-5-3-2-4-6-12/h2-9,18H,10H2,1H3,(H,17,19). The van der Waals surface area contributed by atoms with Gasteiger partial charge in [-0.2, -0.15) is 0 Å². The van der Waals surface area contributed by atoms with Crippen molar-refractivity contribution < 1.29 is 22.3 Å². The van der Waals surface area contributed by atoms with Crippen LogP contribution in [0.4, 0.5) is 15.8 Å². The largest absolute Gasteiger partial charge is 0.484 e.